The van der Waals surface area contributed by atoms with Gasteiger partial charge in [0.25, 0.3) is 0 Å². The lowest BCUT2D eigenvalue weighted by atomic mass is 10.4. The monoisotopic (exact) mass is 195 g/mol. The smallest absolute Gasteiger partial charge is 0.150 e. The minimum atomic E-state index is 0.771. The zero-order chi connectivity index (χ0) is 9.80. The summed E-state index contributed by atoms with van der Waals surface area (Å²) < 4.78 is 5.07. The zero-order valence-corrected chi connectivity index (χ0v) is 8.55. The quantitative estimate of drug-likeness (QED) is 0.660. The Morgan fingerprint density at radius 1 is 1.50 bits per heavy atom. The van der Waals surface area contributed by atoms with Crippen molar-refractivity contribution in [3.8, 4) is 0 Å². The minimum absolute atomic E-state index is 0.771. The molecule has 1 saturated carbocycles. The second kappa shape index (κ2) is 4.57. The Hall–Kier alpha value is -0.870. The molecule has 0 saturated heterocycles. The first-order chi connectivity index (χ1) is 6.84. The molecule has 1 aliphatic rings. The lowest BCUT2D eigenvalue weighted by Gasteiger charge is -2.02. The van der Waals surface area contributed by atoms with Gasteiger partial charge in [-0.05, 0) is 19.8 Å². The molecule has 2 rings (SSSR count). The van der Waals surface area contributed by atoms with Crippen molar-refractivity contribution in [1.82, 2.24) is 15.8 Å². The summed E-state index contributed by atoms with van der Waals surface area (Å²) in [7, 11) is 0. The van der Waals surface area contributed by atoms with Crippen LogP contribution in [0.4, 0.5) is 0 Å². The molecule has 0 radical (unpaired) electrons. The Bertz CT molecular complexity index is 281. The molecule has 0 spiro atoms. The fourth-order valence-corrected chi connectivity index (χ4v) is 1.36. The average molecular weight is 195 g/mol. The second-order valence-corrected chi connectivity index (χ2v) is 3.84. The van der Waals surface area contributed by atoms with Crippen molar-refractivity contribution < 1.29 is 4.52 Å². The molecule has 1 aliphatic carbocycles. The molecule has 0 aliphatic heterocycles. The fraction of sp³-hybridized carbons (Fsp3) is 0.700. The van der Waals surface area contributed by atoms with Crippen molar-refractivity contribution in [3.63, 3.8) is 0 Å². The summed E-state index contributed by atoms with van der Waals surface area (Å²) in [4.78, 5) is 0. The highest BCUT2D eigenvalue weighted by molar-refractivity contribution is 5.02. The lowest BCUT2D eigenvalue weighted by Crippen LogP contribution is -2.28. The predicted molar refractivity (Wildman–Crippen MR) is 54.0 cm³/mol. The molecule has 1 fully saturated rings. The molecule has 1 aromatic heterocycles. The Balaban J connectivity index is 1.53. The van der Waals surface area contributed by atoms with Crippen molar-refractivity contribution >= 4 is 0 Å². The number of nitrogens with one attached hydrogen (secondary N) is 2. The molecule has 78 valence electrons. The standard InChI is InChI=1S/C10H17N3O/c1-8-6-10(14-13-8)7-11-4-5-12-9-2-3-9/h6,9,11-12H,2-5,7H2,1H3. The first-order valence-electron chi connectivity index (χ1n) is 5.21. The maximum Gasteiger partial charge on any atom is 0.150 e. The molecule has 2 N–H and O–H groups in total. The van der Waals surface area contributed by atoms with E-state index in [1.807, 2.05) is 13.0 Å². The summed E-state index contributed by atoms with van der Waals surface area (Å²) in [5.41, 5.74) is 0.943. The van der Waals surface area contributed by atoms with Crippen LogP contribution in [0.2, 0.25) is 0 Å². The van der Waals surface area contributed by atoms with Crippen LogP contribution in [-0.4, -0.2) is 24.3 Å². The van der Waals surface area contributed by atoms with Crippen LogP contribution >= 0.6 is 0 Å². The van der Waals surface area contributed by atoms with E-state index < -0.39 is 0 Å². The Kier molecular flexibility index (Phi) is 3.16. The third-order valence-electron chi connectivity index (χ3n) is 2.29. The van der Waals surface area contributed by atoms with Gasteiger partial charge < -0.3 is 15.2 Å². The van der Waals surface area contributed by atoms with E-state index in [0.29, 0.717) is 0 Å². The van der Waals surface area contributed by atoms with E-state index in [9.17, 15) is 0 Å². The summed E-state index contributed by atoms with van der Waals surface area (Å²) in [6.07, 6.45) is 2.70. The van der Waals surface area contributed by atoms with Crippen molar-refractivity contribution in [2.75, 3.05) is 13.1 Å². The minimum Gasteiger partial charge on any atom is -0.360 e. The van der Waals surface area contributed by atoms with E-state index in [0.717, 1.165) is 37.1 Å². The predicted octanol–water partition coefficient (Wildman–Crippen LogP) is 0.825. The molecule has 1 heterocycles. The lowest BCUT2D eigenvalue weighted by molar-refractivity contribution is 0.369. The van der Waals surface area contributed by atoms with Crippen LogP contribution in [0.25, 0.3) is 0 Å². The normalized spacial score (nSPS) is 16.1. The summed E-state index contributed by atoms with van der Waals surface area (Å²) in [6, 6.07) is 2.76. The van der Waals surface area contributed by atoms with Crippen LogP contribution in [0.5, 0.6) is 0 Å². The van der Waals surface area contributed by atoms with Gasteiger partial charge in [0.05, 0.1) is 12.2 Å². The van der Waals surface area contributed by atoms with Gasteiger partial charge in [0, 0.05) is 25.2 Å². The number of aryl methyl sites for hydroxylation is 1. The van der Waals surface area contributed by atoms with Crippen LogP contribution in [0.3, 0.4) is 0 Å². The van der Waals surface area contributed by atoms with Gasteiger partial charge >= 0.3 is 0 Å². The van der Waals surface area contributed by atoms with Crippen LogP contribution in [0.15, 0.2) is 10.6 Å². The molecule has 0 bridgehead atoms. The van der Waals surface area contributed by atoms with Gasteiger partial charge in [0.1, 0.15) is 0 Å². The van der Waals surface area contributed by atoms with E-state index in [1.54, 1.807) is 0 Å². The van der Waals surface area contributed by atoms with Gasteiger partial charge in [0.2, 0.25) is 0 Å². The third kappa shape index (κ3) is 3.12. The van der Waals surface area contributed by atoms with Crippen molar-refractivity contribution in [1.29, 1.82) is 0 Å². The van der Waals surface area contributed by atoms with E-state index in [2.05, 4.69) is 15.8 Å². The molecular weight excluding hydrogens is 178 g/mol. The number of hydrogen-bond donors (Lipinski definition) is 2. The van der Waals surface area contributed by atoms with E-state index in [4.69, 9.17) is 4.52 Å². The first kappa shape index (κ1) is 9.68. The number of nitrogens with zero attached hydrogens (tertiary/aromatic N) is 1. The number of aromatic nitrogens is 1. The van der Waals surface area contributed by atoms with Gasteiger partial charge in [-0.1, -0.05) is 5.16 Å². The highest BCUT2D eigenvalue weighted by Crippen LogP contribution is 2.17. The topological polar surface area (TPSA) is 50.1 Å². The van der Waals surface area contributed by atoms with Gasteiger partial charge in [-0.15, -0.1) is 0 Å². The molecule has 0 unspecified atom stereocenters. The van der Waals surface area contributed by atoms with Crippen molar-refractivity contribution in [3.05, 3.63) is 17.5 Å². The Labute approximate surface area is 84.0 Å². The Morgan fingerprint density at radius 2 is 2.36 bits per heavy atom. The molecule has 1 aromatic rings. The summed E-state index contributed by atoms with van der Waals surface area (Å²) in [5, 5.41) is 10.6. The van der Waals surface area contributed by atoms with E-state index in [-0.39, 0.29) is 0 Å². The summed E-state index contributed by atoms with van der Waals surface area (Å²) in [6.45, 7) is 4.73. The molecule has 4 nitrogen and oxygen atoms in total. The maximum atomic E-state index is 5.07. The third-order valence-corrected chi connectivity index (χ3v) is 2.29. The van der Waals surface area contributed by atoms with E-state index in [1.165, 1.54) is 12.8 Å². The van der Waals surface area contributed by atoms with E-state index >= 15 is 0 Å². The fourth-order valence-electron chi connectivity index (χ4n) is 1.36. The maximum absolute atomic E-state index is 5.07. The molecule has 4 heteroatoms. The molecule has 0 aromatic carbocycles. The average Bonchev–Trinajstić information content (AvgIpc) is 2.89. The SMILES string of the molecule is Cc1cc(CNCCNC2CC2)on1. The van der Waals surface area contributed by atoms with Gasteiger partial charge in [-0.3, -0.25) is 0 Å². The van der Waals surface area contributed by atoms with Gasteiger partial charge in [-0.25, -0.2) is 0 Å². The van der Waals surface area contributed by atoms with Crippen molar-refractivity contribution in [2.45, 2.75) is 32.4 Å². The zero-order valence-electron chi connectivity index (χ0n) is 8.55. The summed E-state index contributed by atoms with van der Waals surface area (Å²) in [5.74, 6) is 0.911. The second-order valence-electron chi connectivity index (χ2n) is 3.84. The molecular formula is C10H17N3O. The molecule has 14 heavy (non-hydrogen) atoms. The van der Waals surface area contributed by atoms with Gasteiger partial charge in [0.15, 0.2) is 5.76 Å². The molecule has 0 atom stereocenters. The van der Waals surface area contributed by atoms with Crippen LogP contribution in [0, 0.1) is 6.92 Å². The highest BCUT2D eigenvalue weighted by atomic mass is 16.5. The van der Waals surface area contributed by atoms with Crippen LogP contribution in [0.1, 0.15) is 24.3 Å². The number of rotatable bonds is 6. The first-order valence-corrected chi connectivity index (χ1v) is 5.21. The van der Waals surface area contributed by atoms with Crippen LogP contribution < -0.4 is 10.6 Å². The Morgan fingerprint density at radius 3 is 3.00 bits per heavy atom. The van der Waals surface area contributed by atoms with Gasteiger partial charge in [-0.2, -0.15) is 0 Å². The molecule has 0 amide bonds. The largest absolute Gasteiger partial charge is 0.360 e. The number of hydrogen-bond acceptors (Lipinski definition) is 4. The summed E-state index contributed by atoms with van der Waals surface area (Å²) >= 11 is 0. The highest BCUT2D eigenvalue weighted by Gasteiger charge is 2.19. The van der Waals surface area contributed by atoms with Crippen LogP contribution in [-0.2, 0) is 6.54 Å². The van der Waals surface area contributed by atoms with Crippen molar-refractivity contribution in [2.24, 2.45) is 0 Å².